The highest BCUT2D eigenvalue weighted by molar-refractivity contribution is 6.05. The molecule has 0 bridgehead atoms. The smallest absolute Gasteiger partial charge is 0.322 e. The molecule has 1 atom stereocenters. The maximum atomic E-state index is 12.9. The zero-order valence-electron chi connectivity index (χ0n) is 15.2. The zero-order chi connectivity index (χ0) is 20.1. The standard InChI is InChI=1S/C18H22FN5O4/c19-12-2-4-13(5-3-12)20-15(25)11-23-6-1-7-24(9-8-23)16(26)10-14-17(27)22-18(28)21-14/h2-5,14H,1,6-11H2,(H,20,25)(H2,21,22,27,28). The van der Waals surface area contributed by atoms with Gasteiger partial charge in [0.05, 0.1) is 13.0 Å². The van der Waals surface area contributed by atoms with Crippen molar-refractivity contribution in [3.05, 3.63) is 30.1 Å². The van der Waals surface area contributed by atoms with Gasteiger partial charge in [0.15, 0.2) is 0 Å². The van der Waals surface area contributed by atoms with Crippen LogP contribution in [0.3, 0.4) is 0 Å². The van der Waals surface area contributed by atoms with Crippen LogP contribution in [-0.2, 0) is 14.4 Å². The number of anilines is 1. The van der Waals surface area contributed by atoms with E-state index in [2.05, 4.69) is 16.0 Å². The second-order valence-corrected chi connectivity index (χ2v) is 6.78. The van der Waals surface area contributed by atoms with Gasteiger partial charge in [0, 0.05) is 31.9 Å². The Hall–Kier alpha value is -3.01. The third-order valence-electron chi connectivity index (χ3n) is 4.67. The Morgan fingerprint density at radius 1 is 1.11 bits per heavy atom. The van der Waals surface area contributed by atoms with E-state index in [1.807, 2.05) is 4.90 Å². The van der Waals surface area contributed by atoms with Gasteiger partial charge in [0.25, 0.3) is 5.91 Å². The van der Waals surface area contributed by atoms with Gasteiger partial charge in [0.1, 0.15) is 11.9 Å². The van der Waals surface area contributed by atoms with Crippen molar-refractivity contribution >= 4 is 29.4 Å². The van der Waals surface area contributed by atoms with Gasteiger partial charge in [-0.05, 0) is 30.7 Å². The number of nitrogens with one attached hydrogen (secondary N) is 3. The Labute approximate surface area is 161 Å². The molecule has 9 nitrogen and oxygen atoms in total. The molecule has 3 rings (SSSR count). The molecule has 0 spiro atoms. The van der Waals surface area contributed by atoms with E-state index >= 15 is 0 Å². The Morgan fingerprint density at radius 3 is 2.54 bits per heavy atom. The van der Waals surface area contributed by atoms with Gasteiger partial charge < -0.3 is 15.5 Å². The highest BCUT2D eigenvalue weighted by atomic mass is 19.1. The van der Waals surface area contributed by atoms with Crippen LogP contribution in [0.4, 0.5) is 14.9 Å². The Balaban J connectivity index is 1.45. The zero-order valence-corrected chi connectivity index (χ0v) is 15.2. The maximum Gasteiger partial charge on any atom is 0.322 e. The van der Waals surface area contributed by atoms with Crippen molar-refractivity contribution in [2.45, 2.75) is 18.9 Å². The SMILES string of the molecule is O=C(CN1CCCN(C(=O)CC2NC(=O)NC2=O)CC1)Nc1ccc(F)cc1. The Kier molecular flexibility index (Phi) is 6.19. The summed E-state index contributed by atoms with van der Waals surface area (Å²) in [5.74, 6) is -1.28. The molecule has 2 fully saturated rings. The summed E-state index contributed by atoms with van der Waals surface area (Å²) in [4.78, 5) is 50.9. The average Bonchev–Trinajstić information content (AvgIpc) is 2.83. The van der Waals surface area contributed by atoms with Crippen molar-refractivity contribution in [2.75, 3.05) is 38.0 Å². The van der Waals surface area contributed by atoms with Crippen LogP contribution >= 0.6 is 0 Å². The van der Waals surface area contributed by atoms with Crippen molar-refractivity contribution in [1.82, 2.24) is 20.4 Å². The first-order chi connectivity index (χ1) is 13.4. The van der Waals surface area contributed by atoms with Crippen LogP contribution in [0.25, 0.3) is 0 Å². The third-order valence-corrected chi connectivity index (χ3v) is 4.67. The van der Waals surface area contributed by atoms with Crippen molar-refractivity contribution in [1.29, 1.82) is 0 Å². The number of nitrogens with zero attached hydrogens (tertiary/aromatic N) is 2. The Morgan fingerprint density at radius 2 is 1.86 bits per heavy atom. The van der Waals surface area contributed by atoms with Gasteiger partial charge in [0.2, 0.25) is 11.8 Å². The summed E-state index contributed by atoms with van der Waals surface area (Å²) in [6, 6.07) is 4.12. The molecule has 2 saturated heterocycles. The predicted octanol–water partition coefficient (Wildman–Crippen LogP) is -0.103. The lowest BCUT2D eigenvalue weighted by Gasteiger charge is -2.22. The maximum absolute atomic E-state index is 12.9. The summed E-state index contributed by atoms with van der Waals surface area (Å²) in [5.41, 5.74) is 0.523. The summed E-state index contributed by atoms with van der Waals surface area (Å²) in [6.07, 6.45) is 0.613. The number of benzene rings is 1. The largest absolute Gasteiger partial charge is 0.341 e. The normalized spacial score (nSPS) is 20.3. The summed E-state index contributed by atoms with van der Waals surface area (Å²) in [7, 11) is 0. The first kappa shape index (κ1) is 19.7. The van der Waals surface area contributed by atoms with E-state index in [1.165, 1.54) is 24.3 Å². The van der Waals surface area contributed by atoms with Crippen LogP contribution in [0.1, 0.15) is 12.8 Å². The van der Waals surface area contributed by atoms with Crippen molar-refractivity contribution in [3.63, 3.8) is 0 Å². The summed E-state index contributed by atoms with van der Waals surface area (Å²) in [6.45, 7) is 2.30. The summed E-state index contributed by atoms with van der Waals surface area (Å²) < 4.78 is 12.9. The first-order valence-corrected chi connectivity index (χ1v) is 9.07. The lowest BCUT2D eigenvalue weighted by molar-refractivity contribution is -0.133. The van der Waals surface area contributed by atoms with Crippen LogP contribution in [0.5, 0.6) is 0 Å². The second-order valence-electron chi connectivity index (χ2n) is 6.78. The van der Waals surface area contributed by atoms with Crippen LogP contribution < -0.4 is 16.0 Å². The monoisotopic (exact) mass is 391 g/mol. The van der Waals surface area contributed by atoms with Gasteiger partial charge in [-0.1, -0.05) is 0 Å². The quantitative estimate of drug-likeness (QED) is 0.607. The molecular weight excluding hydrogens is 369 g/mol. The molecule has 150 valence electrons. The molecule has 2 heterocycles. The van der Waals surface area contributed by atoms with E-state index in [9.17, 15) is 23.6 Å². The van der Waals surface area contributed by atoms with Crippen LogP contribution in [-0.4, -0.2) is 72.3 Å². The molecule has 0 saturated carbocycles. The van der Waals surface area contributed by atoms with Crippen LogP contribution in [0, 0.1) is 5.82 Å². The number of halogens is 1. The molecule has 5 amide bonds. The number of hydrogen-bond acceptors (Lipinski definition) is 5. The van der Waals surface area contributed by atoms with Crippen molar-refractivity contribution in [3.8, 4) is 0 Å². The number of amides is 5. The second kappa shape index (κ2) is 8.79. The number of rotatable bonds is 5. The number of urea groups is 1. The topological polar surface area (TPSA) is 111 Å². The van der Waals surface area contributed by atoms with Crippen molar-refractivity contribution < 1.29 is 23.6 Å². The van der Waals surface area contributed by atoms with E-state index in [0.717, 1.165) is 0 Å². The number of carbonyl (C=O) groups excluding carboxylic acids is 4. The molecule has 28 heavy (non-hydrogen) atoms. The van der Waals surface area contributed by atoms with Crippen LogP contribution in [0.15, 0.2) is 24.3 Å². The molecule has 2 aliphatic heterocycles. The lowest BCUT2D eigenvalue weighted by atomic mass is 10.2. The minimum Gasteiger partial charge on any atom is -0.341 e. The number of hydrogen-bond donors (Lipinski definition) is 3. The molecule has 1 aromatic rings. The summed E-state index contributed by atoms with van der Waals surface area (Å²) >= 11 is 0. The fraction of sp³-hybridized carbons (Fsp3) is 0.444. The Bertz CT molecular complexity index is 770. The van der Waals surface area contributed by atoms with Crippen molar-refractivity contribution in [2.24, 2.45) is 0 Å². The molecule has 0 aliphatic carbocycles. The van der Waals surface area contributed by atoms with E-state index < -0.39 is 18.0 Å². The van der Waals surface area contributed by atoms with Gasteiger partial charge in [-0.3, -0.25) is 24.6 Å². The predicted molar refractivity (Wildman–Crippen MR) is 97.7 cm³/mol. The van der Waals surface area contributed by atoms with E-state index in [4.69, 9.17) is 0 Å². The van der Waals surface area contributed by atoms with E-state index in [0.29, 0.717) is 38.3 Å². The van der Waals surface area contributed by atoms with E-state index in [-0.39, 0.29) is 30.6 Å². The third kappa shape index (κ3) is 5.26. The molecule has 3 N–H and O–H groups in total. The summed E-state index contributed by atoms with van der Waals surface area (Å²) in [5, 5.41) is 7.24. The molecule has 0 aromatic heterocycles. The minimum absolute atomic E-state index is 0.0807. The fourth-order valence-electron chi connectivity index (χ4n) is 3.22. The highest BCUT2D eigenvalue weighted by Gasteiger charge is 2.33. The minimum atomic E-state index is -0.833. The highest BCUT2D eigenvalue weighted by Crippen LogP contribution is 2.10. The molecule has 10 heteroatoms. The van der Waals surface area contributed by atoms with Gasteiger partial charge in [-0.2, -0.15) is 0 Å². The molecule has 0 radical (unpaired) electrons. The fourth-order valence-corrected chi connectivity index (χ4v) is 3.22. The molecule has 1 aromatic carbocycles. The molecule has 2 aliphatic rings. The number of imide groups is 1. The van der Waals surface area contributed by atoms with Gasteiger partial charge in [-0.25, -0.2) is 9.18 Å². The molecular formula is C18H22FN5O4. The first-order valence-electron chi connectivity index (χ1n) is 9.07. The van der Waals surface area contributed by atoms with Crippen LogP contribution in [0.2, 0.25) is 0 Å². The average molecular weight is 391 g/mol. The van der Waals surface area contributed by atoms with Gasteiger partial charge in [-0.15, -0.1) is 0 Å². The lowest BCUT2D eigenvalue weighted by Crippen LogP contribution is -2.41. The van der Waals surface area contributed by atoms with E-state index in [1.54, 1.807) is 4.90 Å². The molecule has 1 unspecified atom stereocenters. The number of carbonyl (C=O) groups is 4. The van der Waals surface area contributed by atoms with Gasteiger partial charge >= 0.3 is 6.03 Å².